The lowest BCUT2D eigenvalue weighted by molar-refractivity contribution is 1.03. The first-order valence-corrected chi connectivity index (χ1v) is 7.42. The lowest BCUT2D eigenvalue weighted by Crippen LogP contribution is -2.30. The molecule has 0 aliphatic heterocycles. The molecule has 0 aliphatic carbocycles. The van der Waals surface area contributed by atoms with Crippen LogP contribution in [0.4, 0.5) is 5.69 Å². The Bertz CT molecular complexity index is 692. The summed E-state index contributed by atoms with van der Waals surface area (Å²) in [6.45, 7) is 4.60. The normalized spacial score (nSPS) is 11.3. The van der Waals surface area contributed by atoms with Crippen LogP contribution in [0.15, 0.2) is 53.6 Å². The highest BCUT2D eigenvalue weighted by atomic mass is 35.5. The number of hydrogen-bond acceptors (Lipinski definition) is 3. The van der Waals surface area contributed by atoms with Crippen molar-refractivity contribution in [2.45, 2.75) is 13.8 Å². The van der Waals surface area contributed by atoms with E-state index >= 15 is 0 Å². The summed E-state index contributed by atoms with van der Waals surface area (Å²) in [6.07, 6.45) is 0. The van der Waals surface area contributed by atoms with Gasteiger partial charge in [-0.3, -0.25) is 5.41 Å². The van der Waals surface area contributed by atoms with Gasteiger partial charge in [0.2, 0.25) is 0 Å². The Labute approximate surface area is 135 Å². The van der Waals surface area contributed by atoms with E-state index in [2.05, 4.69) is 5.10 Å². The lowest BCUT2D eigenvalue weighted by Gasteiger charge is -2.25. The third-order valence-corrected chi connectivity index (χ3v) is 3.74. The third kappa shape index (κ3) is 3.28. The summed E-state index contributed by atoms with van der Waals surface area (Å²) >= 11 is 5.92. The monoisotopic (exact) mass is 314 g/mol. The van der Waals surface area contributed by atoms with E-state index in [-0.39, 0.29) is 0 Å². The van der Waals surface area contributed by atoms with E-state index in [9.17, 15) is 0 Å². The van der Waals surface area contributed by atoms with Crippen LogP contribution in [0.3, 0.4) is 0 Å². The molecule has 3 N–H and O–H groups in total. The molecule has 0 spiro atoms. The Morgan fingerprint density at radius 1 is 1.18 bits per heavy atom. The van der Waals surface area contributed by atoms with Gasteiger partial charge in [0.1, 0.15) is 5.84 Å². The van der Waals surface area contributed by atoms with Crippen molar-refractivity contribution >= 4 is 28.8 Å². The first-order chi connectivity index (χ1) is 10.6. The van der Waals surface area contributed by atoms with Crippen molar-refractivity contribution in [3.05, 3.63) is 64.7 Å². The van der Waals surface area contributed by atoms with Crippen LogP contribution < -0.4 is 10.7 Å². The van der Waals surface area contributed by atoms with Crippen LogP contribution in [0, 0.1) is 5.41 Å². The molecule has 2 aromatic carbocycles. The number of benzene rings is 2. The van der Waals surface area contributed by atoms with Gasteiger partial charge >= 0.3 is 0 Å². The molecule has 4 nitrogen and oxygen atoms in total. The van der Waals surface area contributed by atoms with Gasteiger partial charge in [-0.25, -0.2) is 0 Å². The van der Waals surface area contributed by atoms with Crippen LogP contribution in [0.5, 0.6) is 0 Å². The molecule has 0 saturated carbocycles. The van der Waals surface area contributed by atoms with Crippen molar-refractivity contribution in [3.63, 3.8) is 0 Å². The maximum Gasteiger partial charge on any atom is 0.125 e. The summed E-state index contributed by atoms with van der Waals surface area (Å²) in [6, 6.07) is 15.0. The van der Waals surface area contributed by atoms with Crippen LogP contribution in [0.1, 0.15) is 25.0 Å². The minimum Gasteiger partial charge on any atom is -0.328 e. The fourth-order valence-corrected chi connectivity index (χ4v) is 2.46. The van der Waals surface area contributed by atoms with Gasteiger partial charge in [-0.1, -0.05) is 41.9 Å². The molecule has 0 atom stereocenters. The number of nitrogens with zero attached hydrogens (tertiary/aromatic N) is 2. The smallest absolute Gasteiger partial charge is 0.125 e. The second-order valence-electron chi connectivity index (χ2n) is 4.82. The Morgan fingerprint density at radius 3 is 2.41 bits per heavy atom. The maximum absolute atomic E-state index is 8.51. The molecule has 0 unspecified atom stereocenters. The van der Waals surface area contributed by atoms with Crippen molar-refractivity contribution in [2.75, 3.05) is 11.4 Å². The molecule has 0 fully saturated rings. The average Bonchev–Trinajstić information content (AvgIpc) is 2.56. The number of anilines is 1. The quantitative estimate of drug-likeness (QED) is 0.389. The number of para-hydroxylation sites is 1. The van der Waals surface area contributed by atoms with Crippen LogP contribution >= 0.6 is 11.6 Å². The number of hydrazone groups is 1. The third-order valence-electron chi connectivity index (χ3n) is 3.49. The second-order valence-corrected chi connectivity index (χ2v) is 5.26. The highest BCUT2D eigenvalue weighted by molar-refractivity contribution is 6.30. The molecule has 0 bridgehead atoms. The van der Waals surface area contributed by atoms with Crippen LogP contribution in [0.2, 0.25) is 5.02 Å². The van der Waals surface area contributed by atoms with Gasteiger partial charge in [0.15, 0.2) is 0 Å². The van der Waals surface area contributed by atoms with Crippen molar-refractivity contribution in [1.29, 1.82) is 5.41 Å². The summed E-state index contributed by atoms with van der Waals surface area (Å²) in [4.78, 5) is 1.99. The minimum absolute atomic E-state index is 0.440. The predicted octanol–water partition coefficient (Wildman–Crippen LogP) is 3.87. The zero-order valence-corrected chi connectivity index (χ0v) is 13.4. The lowest BCUT2D eigenvalue weighted by atomic mass is 10.00. The molecule has 0 radical (unpaired) electrons. The zero-order chi connectivity index (χ0) is 16.1. The minimum atomic E-state index is 0.440. The Balaban J connectivity index is 2.48. The second kappa shape index (κ2) is 7.09. The number of nitrogens with one attached hydrogen (secondary N) is 1. The van der Waals surface area contributed by atoms with Gasteiger partial charge in [0.05, 0.1) is 11.4 Å². The molecule has 114 valence electrons. The molecule has 2 rings (SSSR count). The Hall–Kier alpha value is -2.33. The summed E-state index contributed by atoms with van der Waals surface area (Å²) in [5, 5.41) is 12.9. The predicted molar refractivity (Wildman–Crippen MR) is 94.1 cm³/mol. The average molecular weight is 315 g/mol. The van der Waals surface area contributed by atoms with E-state index < -0.39 is 0 Å². The van der Waals surface area contributed by atoms with Crippen molar-refractivity contribution in [3.8, 4) is 0 Å². The van der Waals surface area contributed by atoms with Crippen molar-refractivity contribution in [1.82, 2.24) is 0 Å². The van der Waals surface area contributed by atoms with Crippen molar-refractivity contribution in [2.24, 2.45) is 10.9 Å². The Kier molecular flexibility index (Phi) is 5.17. The zero-order valence-electron chi connectivity index (χ0n) is 12.7. The van der Waals surface area contributed by atoms with E-state index in [1.165, 1.54) is 0 Å². The maximum atomic E-state index is 8.51. The van der Waals surface area contributed by atoms with E-state index in [0.717, 1.165) is 23.4 Å². The van der Waals surface area contributed by atoms with E-state index in [1.54, 1.807) is 12.1 Å². The van der Waals surface area contributed by atoms with Crippen molar-refractivity contribution < 1.29 is 0 Å². The van der Waals surface area contributed by atoms with Gasteiger partial charge in [0.25, 0.3) is 0 Å². The van der Waals surface area contributed by atoms with Gasteiger partial charge in [-0.2, -0.15) is 5.10 Å². The van der Waals surface area contributed by atoms with Gasteiger partial charge in [0, 0.05) is 22.7 Å². The fraction of sp³-hybridized carbons (Fsp3) is 0.176. The highest BCUT2D eigenvalue weighted by Gasteiger charge is 2.15. The number of hydrogen-bond donors (Lipinski definition) is 2. The molecule has 0 amide bonds. The molecule has 2 aromatic rings. The van der Waals surface area contributed by atoms with Gasteiger partial charge < -0.3 is 10.7 Å². The summed E-state index contributed by atoms with van der Waals surface area (Å²) in [5.41, 5.74) is 3.00. The summed E-state index contributed by atoms with van der Waals surface area (Å²) in [7, 11) is 0. The number of nitrogens with two attached hydrogens (primary N) is 1. The number of rotatable bonds is 4. The van der Waals surface area contributed by atoms with Crippen LogP contribution in [0.25, 0.3) is 0 Å². The van der Waals surface area contributed by atoms with E-state index in [1.807, 2.05) is 55.1 Å². The van der Waals surface area contributed by atoms with E-state index in [4.69, 9.17) is 22.9 Å². The molecule has 22 heavy (non-hydrogen) atoms. The molecule has 5 heteroatoms. The summed E-state index contributed by atoms with van der Waals surface area (Å²) < 4.78 is 0. The molecular formula is C17H19ClN4. The molecular weight excluding hydrogens is 296 g/mol. The van der Waals surface area contributed by atoms with Crippen LogP contribution in [-0.2, 0) is 0 Å². The molecule has 0 aromatic heterocycles. The first-order valence-electron chi connectivity index (χ1n) is 7.04. The first kappa shape index (κ1) is 16.0. The van der Waals surface area contributed by atoms with Gasteiger partial charge in [-0.05, 0) is 32.0 Å². The van der Waals surface area contributed by atoms with Gasteiger partial charge in [-0.15, -0.1) is 0 Å². The molecule has 0 aliphatic rings. The number of halogens is 1. The largest absolute Gasteiger partial charge is 0.328 e. The topological polar surface area (TPSA) is 65.5 Å². The summed E-state index contributed by atoms with van der Waals surface area (Å²) in [5.74, 6) is 6.13. The molecule has 0 heterocycles. The Morgan fingerprint density at radius 2 is 1.82 bits per heavy atom. The van der Waals surface area contributed by atoms with Crippen LogP contribution in [-0.4, -0.2) is 18.1 Å². The standard InChI is InChI=1S/C17H19ClN4/c1-3-22(12(2)21-20)16-7-5-4-6-15(16)17(19)13-8-10-14(18)11-9-13/h4-11,19H,3,20H2,1-2H3/b19-17?,21-12-. The SMILES string of the molecule is CCN(/C(C)=N\N)c1ccccc1C(=N)c1ccc(Cl)cc1. The molecule has 0 saturated heterocycles. The highest BCUT2D eigenvalue weighted by Crippen LogP contribution is 2.24. The van der Waals surface area contributed by atoms with E-state index in [0.29, 0.717) is 16.6 Å². The fourth-order valence-electron chi connectivity index (χ4n) is 2.34. The number of amidine groups is 1.